The number of carbonyl (C=O) groups is 3. The number of benzene rings is 1. The second-order valence-electron chi connectivity index (χ2n) is 9.74. The third-order valence-corrected chi connectivity index (χ3v) is 7.47. The van der Waals surface area contributed by atoms with Crippen molar-refractivity contribution in [3.8, 4) is 0 Å². The third kappa shape index (κ3) is 8.02. The number of carbonyl (C=O) groups excluding carboxylic acids is 3. The van der Waals surface area contributed by atoms with Crippen molar-refractivity contribution in [1.29, 1.82) is 0 Å². The van der Waals surface area contributed by atoms with Crippen molar-refractivity contribution in [2.45, 2.75) is 78.8 Å². The summed E-state index contributed by atoms with van der Waals surface area (Å²) < 4.78 is 19.3. The number of amides is 2. The van der Waals surface area contributed by atoms with E-state index in [0.29, 0.717) is 45.5 Å². The highest BCUT2D eigenvalue weighted by molar-refractivity contribution is 5.78. The number of esters is 1. The normalized spacial score (nSPS) is 15.5. The molecule has 0 radical (unpaired) electrons. The molecule has 0 spiro atoms. The Bertz CT molecular complexity index is 879. The molecule has 2 rings (SSSR count). The Balaban J connectivity index is 1.86. The van der Waals surface area contributed by atoms with E-state index in [1.165, 1.54) is 5.56 Å². The predicted molar refractivity (Wildman–Crippen MR) is 140 cm³/mol. The molecule has 0 aliphatic carbocycles. The first kappa shape index (κ1) is 29.7. The van der Waals surface area contributed by atoms with Crippen LogP contribution in [-0.4, -0.2) is 91.1 Å². The number of ether oxygens (including phenoxy) is 1. The van der Waals surface area contributed by atoms with Crippen LogP contribution < -0.4 is 0 Å². The van der Waals surface area contributed by atoms with E-state index >= 15 is 0 Å². The predicted octanol–water partition coefficient (Wildman–Crippen LogP) is 4.57. The molecular formula is C28H44FN3O4. The van der Waals surface area contributed by atoms with Gasteiger partial charge < -0.3 is 19.4 Å². The standard InChI is InChI=1S/C28H44FN3O4/c1-6-8-27(34)36-18-13-21(3)31-16-17-32(28(31)35)26(19-29)12-15-30(7-2)14-11-24-9-10-25(20-33)23(5)22(24)4/h9-10,20-21,26H,6-8,11-19H2,1-5H3. The van der Waals surface area contributed by atoms with Crippen molar-refractivity contribution >= 4 is 18.3 Å². The molecule has 2 unspecified atom stereocenters. The molecule has 1 aromatic carbocycles. The Hall–Kier alpha value is -2.48. The Morgan fingerprint density at radius 3 is 2.50 bits per heavy atom. The average molecular weight is 506 g/mol. The minimum absolute atomic E-state index is 0.0679. The molecule has 2 amide bonds. The molecule has 0 saturated carbocycles. The molecule has 7 nitrogen and oxygen atoms in total. The Morgan fingerprint density at radius 2 is 1.86 bits per heavy atom. The molecule has 1 aliphatic heterocycles. The number of likely N-dealkylation sites (N-methyl/N-ethyl adjacent to an activating group) is 1. The van der Waals surface area contributed by atoms with Gasteiger partial charge >= 0.3 is 12.0 Å². The number of aldehydes is 1. The van der Waals surface area contributed by atoms with Gasteiger partial charge in [-0.05, 0) is 63.3 Å². The van der Waals surface area contributed by atoms with Gasteiger partial charge in [0.15, 0.2) is 0 Å². The van der Waals surface area contributed by atoms with Crippen LogP contribution in [0.3, 0.4) is 0 Å². The molecule has 0 bridgehead atoms. The highest BCUT2D eigenvalue weighted by Gasteiger charge is 2.36. The molecule has 1 saturated heterocycles. The van der Waals surface area contributed by atoms with Gasteiger partial charge in [0.25, 0.3) is 0 Å². The zero-order valence-electron chi connectivity index (χ0n) is 22.7. The fraction of sp³-hybridized carbons (Fsp3) is 0.679. The van der Waals surface area contributed by atoms with E-state index in [1.807, 2.05) is 39.8 Å². The van der Waals surface area contributed by atoms with E-state index < -0.39 is 12.7 Å². The summed E-state index contributed by atoms with van der Waals surface area (Å²) in [7, 11) is 0. The van der Waals surface area contributed by atoms with E-state index in [-0.39, 0.29) is 18.0 Å². The van der Waals surface area contributed by atoms with Crippen molar-refractivity contribution in [1.82, 2.24) is 14.7 Å². The van der Waals surface area contributed by atoms with Gasteiger partial charge in [-0.25, -0.2) is 9.18 Å². The van der Waals surface area contributed by atoms with Gasteiger partial charge in [0.2, 0.25) is 0 Å². The SMILES string of the molecule is CCCC(=O)OCCC(C)N1CCN(C(CF)CCN(CC)CCc2ccc(C=O)c(C)c2C)C1=O. The lowest BCUT2D eigenvalue weighted by molar-refractivity contribution is -0.144. The summed E-state index contributed by atoms with van der Waals surface area (Å²) >= 11 is 0. The molecular weight excluding hydrogens is 461 g/mol. The average Bonchev–Trinajstić information content (AvgIpc) is 3.25. The van der Waals surface area contributed by atoms with Gasteiger partial charge in [-0.15, -0.1) is 0 Å². The van der Waals surface area contributed by atoms with E-state index in [9.17, 15) is 18.8 Å². The largest absolute Gasteiger partial charge is 0.466 e. The molecule has 0 N–H and O–H groups in total. The van der Waals surface area contributed by atoms with Gasteiger partial charge in [-0.1, -0.05) is 26.0 Å². The molecule has 8 heteroatoms. The van der Waals surface area contributed by atoms with Crippen molar-refractivity contribution < 1.29 is 23.5 Å². The summed E-state index contributed by atoms with van der Waals surface area (Å²) in [6, 6.07) is 3.26. The van der Waals surface area contributed by atoms with Crippen LogP contribution in [0.5, 0.6) is 0 Å². The van der Waals surface area contributed by atoms with Crippen molar-refractivity contribution in [2.75, 3.05) is 46.0 Å². The second-order valence-corrected chi connectivity index (χ2v) is 9.74. The lowest BCUT2D eigenvalue weighted by Gasteiger charge is -2.30. The van der Waals surface area contributed by atoms with Gasteiger partial charge in [-0.2, -0.15) is 0 Å². The zero-order valence-corrected chi connectivity index (χ0v) is 22.7. The van der Waals surface area contributed by atoms with Crippen LogP contribution in [0.15, 0.2) is 12.1 Å². The molecule has 1 fully saturated rings. The summed E-state index contributed by atoms with van der Waals surface area (Å²) in [6.07, 6.45) is 4.06. The number of nitrogens with zero attached hydrogens (tertiary/aromatic N) is 3. The zero-order chi connectivity index (χ0) is 26.7. The van der Waals surface area contributed by atoms with Gasteiger partial charge in [0.05, 0.1) is 12.6 Å². The van der Waals surface area contributed by atoms with Crippen LogP contribution in [0.25, 0.3) is 0 Å². The lowest BCUT2D eigenvalue weighted by atomic mass is 9.96. The fourth-order valence-electron chi connectivity index (χ4n) is 4.75. The van der Waals surface area contributed by atoms with E-state index in [4.69, 9.17) is 4.74 Å². The summed E-state index contributed by atoms with van der Waals surface area (Å²) in [6.45, 7) is 13.2. The Labute approximate surface area is 215 Å². The first-order chi connectivity index (χ1) is 17.3. The number of hydrogen-bond acceptors (Lipinski definition) is 5. The van der Waals surface area contributed by atoms with E-state index in [0.717, 1.165) is 48.9 Å². The maximum atomic E-state index is 14.0. The fourth-order valence-corrected chi connectivity index (χ4v) is 4.75. The number of alkyl halides is 1. The third-order valence-electron chi connectivity index (χ3n) is 7.47. The monoisotopic (exact) mass is 505 g/mol. The van der Waals surface area contributed by atoms with Crippen molar-refractivity contribution in [2.24, 2.45) is 0 Å². The first-order valence-corrected chi connectivity index (χ1v) is 13.3. The van der Waals surface area contributed by atoms with Crippen molar-refractivity contribution in [3.05, 3.63) is 34.4 Å². The van der Waals surface area contributed by atoms with Crippen LogP contribution in [-0.2, 0) is 16.0 Å². The van der Waals surface area contributed by atoms with Crippen LogP contribution in [0.4, 0.5) is 9.18 Å². The summed E-state index contributed by atoms with van der Waals surface area (Å²) in [4.78, 5) is 41.5. The van der Waals surface area contributed by atoms with E-state index in [1.54, 1.807) is 9.80 Å². The Kier molecular flexibility index (Phi) is 12.3. The molecule has 1 aliphatic rings. The number of urea groups is 1. The number of hydrogen-bond donors (Lipinski definition) is 0. The Morgan fingerprint density at radius 1 is 1.14 bits per heavy atom. The highest BCUT2D eigenvalue weighted by atomic mass is 19.1. The molecule has 1 aromatic rings. The van der Waals surface area contributed by atoms with Gasteiger partial charge in [0, 0.05) is 50.6 Å². The molecule has 2 atom stereocenters. The van der Waals surface area contributed by atoms with Gasteiger partial charge in [0.1, 0.15) is 13.0 Å². The smallest absolute Gasteiger partial charge is 0.320 e. The maximum absolute atomic E-state index is 14.0. The lowest BCUT2D eigenvalue weighted by Crippen LogP contribution is -2.44. The highest BCUT2D eigenvalue weighted by Crippen LogP contribution is 2.21. The van der Waals surface area contributed by atoms with Crippen LogP contribution >= 0.6 is 0 Å². The van der Waals surface area contributed by atoms with Gasteiger partial charge in [-0.3, -0.25) is 9.59 Å². The summed E-state index contributed by atoms with van der Waals surface area (Å²) in [5.74, 6) is -0.208. The second kappa shape index (κ2) is 14.9. The maximum Gasteiger partial charge on any atom is 0.320 e. The first-order valence-electron chi connectivity index (χ1n) is 13.3. The molecule has 0 aromatic heterocycles. The minimum Gasteiger partial charge on any atom is -0.466 e. The van der Waals surface area contributed by atoms with Crippen LogP contribution in [0.2, 0.25) is 0 Å². The van der Waals surface area contributed by atoms with Crippen molar-refractivity contribution in [3.63, 3.8) is 0 Å². The quantitative estimate of drug-likeness (QED) is 0.243. The molecule has 1 heterocycles. The minimum atomic E-state index is -0.564. The molecule has 202 valence electrons. The number of halogens is 1. The summed E-state index contributed by atoms with van der Waals surface area (Å²) in [5, 5.41) is 0. The molecule has 36 heavy (non-hydrogen) atoms. The topological polar surface area (TPSA) is 70.2 Å². The number of rotatable bonds is 16. The summed E-state index contributed by atoms with van der Waals surface area (Å²) in [5.41, 5.74) is 4.12. The van der Waals surface area contributed by atoms with Crippen LogP contribution in [0.1, 0.15) is 73.5 Å². The van der Waals surface area contributed by atoms with E-state index in [2.05, 4.69) is 11.8 Å². The van der Waals surface area contributed by atoms with Crippen LogP contribution in [0, 0.1) is 13.8 Å².